The number of hydrogen-bond donors (Lipinski definition) is 0. The summed E-state index contributed by atoms with van der Waals surface area (Å²) in [5.74, 6) is 0. The van der Waals surface area contributed by atoms with E-state index in [4.69, 9.17) is 0 Å². The molecule has 3 nitrogen and oxygen atoms in total. The first-order valence-electron chi connectivity index (χ1n) is 3.28. The van der Waals surface area contributed by atoms with Gasteiger partial charge in [-0.05, 0) is 18.6 Å². The van der Waals surface area contributed by atoms with Gasteiger partial charge in [-0.3, -0.25) is 9.59 Å². The molecule has 11 heavy (non-hydrogen) atoms. The molecule has 0 spiro atoms. The Morgan fingerprint density at radius 1 is 1.45 bits per heavy atom. The first-order chi connectivity index (χ1) is 5.15. The predicted octanol–water partition coefficient (Wildman–Crippen LogP) is 0.506. The Morgan fingerprint density at radius 3 is 2.64 bits per heavy atom. The Balaban J connectivity index is 3.48. The summed E-state index contributed by atoms with van der Waals surface area (Å²) in [6.07, 6.45) is 0.675. The number of aldehydes is 1. The van der Waals surface area contributed by atoms with Crippen molar-refractivity contribution in [2.24, 2.45) is 7.05 Å². The van der Waals surface area contributed by atoms with Gasteiger partial charge in [-0.15, -0.1) is 0 Å². The Labute approximate surface area is 64.3 Å². The van der Waals surface area contributed by atoms with Crippen LogP contribution in [0, 0.1) is 6.92 Å². The number of carbonyl (C=O) groups is 1. The van der Waals surface area contributed by atoms with Gasteiger partial charge >= 0.3 is 0 Å². The van der Waals surface area contributed by atoms with E-state index in [1.807, 2.05) is 0 Å². The molecule has 0 aromatic carbocycles. The van der Waals surface area contributed by atoms with E-state index >= 15 is 0 Å². The quantitative estimate of drug-likeness (QED) is 0.548. The minimum Gasteiger partial charge on any atom is -0.309 e. The van der Waals surface area contributed by atoms with Crippen LogP contribution in [0.2, 0.25) is 0 Å². The van der Waals surface area contributed by atoms with Crippen molar-refractivity contribution in [1.29, 1.82) is 0 Å². The average Bonchev–Trinajstić information content (AvgIpc) is 1.96. The van der Waals surface area contributed by atoms with Crippen molar-refractivity contribution < 1.29 is 4.79 Å². The average molecular weight is 151 g/mol. The summed E-state index contributed by atoms with van der Waals surface area (Å²) in [5, 5.41) is 0. The van der Waals surface area contributed by atoms with Crippen molar-refractivity contribution in [2.45, 2.75) is 6.92 Å². The third kappa shape index (κ3) is 1.37. The van der Waals surface area contributed by atoms with Gasteiger partial charge in [0.25, 0.3) is 5.56 Å². The molecule has 3 heteroatoms. The largest absolute Gasteiger partial charge is 0.309 e. The molecule has 1 aromatic rings. The lowest BCUT2D eigenvalue weighted by molar-refractivity contribution is 0.111. The highest BCUT2D eigenvalue weighted by atomic mass is 16.1. The first kappa shape index (κ1) is 7.72. The Morgan fingerprint density at radius 2 is 2.09 bits per heavy atom. The second kappa shape index (κ2) is 2.70. The third-order valence-corrected chi connectivity index (χ3v) is 1.57. The van der Waals surface area contributed by atoms with E-state index in [-0.39, 0.29) is 5.56 Å². The molecule has 0 saturated carbocycles. The maximum atomic E-state index is 11.0. The summed E-state index contributed by atoms with van der Waals surface area (Å²) in [6, 6.07) is 3.17. The van der Waals surface area contributed by atoms with Gasteiger partial charge in [-0.1, -0.05) is 0 Å². The summed E-state index contributed by atoms with van der Waals surface area (Å²) in [6.45, 7) is 1.79. The predicted molar refractivity (Wildman–Crippen MR) is 41.8 cm³/mol. The van der Waals surface area contributed by atoms with E-state index < -0.39 is 0 Å². The smallest absolute Gasteiger partial charge is 0.251 e. The van der Waals surface area contributed by atoms with Gasteiger partial charge in [0.2, 0.25) is 0 Å². The van der Waals surface area contributed by atoms with Crippen molar-refractivity contribution in [3.05, 3.63) is 33.7 Å². The summed E-state index contributed by atoms with van der Waals surface area (Å²) >= 11 is 0. The van der Waals surface area contributed by atoms with E-state index in [1.165, 1.54) is 10.6 Å². The lowest BCUT2D eigenvalue weighted by atomic mass is 10.2. The number of rotatable bonds is 1. The molecule has 0 fully saturated rings. The molecule has 0 bridgehead atoms. The topological polar surface area (TPSA) is 39.1 Å². The van der Waals surface area contributed by atoms with E-state index in [0.29, 0.717) is 12.0 Å². The number of carbonyl (C=O) groups excluding carboxylic acids is 1. The zero-order valence-corrected chi connectivity index (χ0v) is 6.50. The minimum absolute atomic E-state index is 0.146. The van der Waals surface area contributed by atoms with Gasteiger partial charge in [0, 0.05) is 13.1 Å². The van der Waals surface area contributed by atoms with Crippen molar-refractivity contribution >= 4 is 6.29 Å². The molecule has 0 N–H and O–H groups in total. The van der Waals surface area contributed by atoms with Gasteiger partial charge in [0.15, 0.2) is 6.29 Å². The molecule has 1 rings (SSSR count). The second-order valence-corrected chi connectivity index (χ2v) is 2.47. The van der Waals surface area contributed by atoms with Crippen LogP contribution < -0.4 is 5.56 Å². The van der Waals surface area contributed by atoms with Crippen molar-refractivity contribution in [2.75, 3.05) is 0 Å². The van der Waals surface area contributed by atoms with Crippen molar-refractivity contribution in [1.82, 2.24) is 4.57 Å². The molecule has 0 unspecified atom stereocenters. The monoisotopic (exact) mass is 151 g/mol. The molecule has 0 atom stereocenters. The molecular weight excluding hydrogens is 142 g/mol. The zero-order chi connectivity index (χ0) is 8.43. The van der Waals surface area contributed by atoms with Crippen LogP contribution in [0.15, 0.2) is 16.9 Å². The normalized spacial score (nSPS) is 9.64. The van der Waals surface area contributed by atoms with Crippen LogP contribution >= 0.6 is 0 Å². The highest BCUT2D eigenvalue weighted by Crippen LogP contribution is 1.95. The molecule has 58 valence electrons. The molecule has 0 aliphatic rings. The molecule has 1 aromatic heterocycles. The van der Waals surface area contributed by atoms with Crippen LogP contribution in [0.25, 0.3) is 0 Å². The highest BCUT2D eigenvalue weighted by Gasteiger charge is 1.97. The molecule has 0 aliphatic heterocycles. The highest BCUT2D eigenvalue weighted by molar-refractivity contribution is 5.72. The van der Waals surface area contributed by atoms with Crippen LogP contribution in [0.4, 0.5) is 0 Å². The molecule has 1 heterocycles. The van der Waals surface area contributed by atoms with Crippen LogP contribution in [0.1, 0.15) is 16.1 Å². The summed E-state index contributed by atoms with van der Waals surface area (Å²) in [4.78, 5) is 21.4. The Hall–Kier alpha value is -1.38. The van der Waals surface area contributed by atoms with E-state index in [9.17, 15) is 9.59 Å². The fourth-order valence-corrected chi connectivity index (χ4v) is 0.904. The maximum Gasteiger partial charge on any atom is 0.251 e. The van der Waals surface area contributed by atoms with Crippen molar-refractivity contribution in [3.8, 4) is 0 Å². The van der Waals surface area contributed by atoms with Crippen LogP contribution in [0.5, 0.6) is 0 Å². The number of aromatic nitrogens is 1. The number of hydrogen-bond acceptors (Lipinski definition) is 2. The van der Waals surface area contributed by atoms with E-state index in [1.54, 1.807) is 20.0 Å². The van der Waals surface area contributed by atoms with Gasteiger partial charge < -0.3 is 4.57 Å². The van der Waals surface area contributed by atoms with Crippen LogP contribution in [0.3, 0.4) is 0 Å². The molecule has 0 aliphatic carbocycles. The van der Waals surface area contributed by atoms with Gasteiger partial charge in [0.05, 0.1) is 5.69 Å². The summed E-state index contributed by atoms with van der Waals surface area (Å²) in [7, 11) is 1.57. The van der Waals surface area contributed by atoms with Crippen molar-refractivity contribution in [3.63, 3.8) is 0 Å². The number of aryl methyl sites for hydroxylation is 1. The summed E-state index contributed by atoms with van der Waals surface area (Å²) in [5.41, 5.74) is 1.08. The molecule has 0 amide bonds. The SMILES string of the molecule is Cc1cc(C=O)n(C)c(=O)c1. The standard InChI is InChI=1S/C8H9NO2/c1-6-3-7(5-10)9(2)8(11)4-6/h3-5H,1-2H3. The lowest BCUT2D eigenvalue weighted by Gasteiger charge is -2.00. The van der Waals surface area contributed by atoms with Crippen LogP contribution in [-0.2, 0) is 7.05 Å². The van der Waals surface area contributed by atoms with E-state index in [0.717, 1.165) is 5.56 Å². The van der Waals surface area contributed by atoms with Gasteiger partial charge in [0.1, 0.15) is 0 Å². The summed E-state index contributed by atoms with van der Waals surface area (Å²) < 4.78 is 1.32. The molecule has 0 saturated heterocycles. The lowest BCUT2D eigenvalue weighted by Crippen LogP contribution is -2.19. The third-order valence-electron chi connectivity index (χ3n) is 1.57. The Kier molecular flexibility index (Phi) is 1.89. The van der Waals surface area contributed by atoms with Gasteiger partial charge in [-0.2, -0.15) is 0 Å². The van der Waals surface area contributed by atoms with E-state index in [2.05, 4.69) is 0 Å². The fourth-order valence-electron chi connectivity index (χ4n) is 0.904. The molecular formula is C8H9NO2. The first-order valence-corrected chi connectivity index (χ1v) is 3.28. The number of nitrogens with zero attached hydrogens (tertiary/aromatic N) is 1. The minimum atomic E-state index is -0.146. The Bertz CT molecular complexity index is 338. The fraction of sp³-hybridized carbons (Fsp3) is 0.250. The van der Waals surface area contributed by atoms with Gasteiger partial charge in [-0.25, -0.2) is 0 Å². The maximum absolute atomic E-state index is 11.0. The molecule has 0 radical (unpaired) electrons. The number of pyridine rings is 1. The zero-order valence-electron chi connectivity index (χ0n) is 6.50. The second-order valence-electron chi connectivity index (χ2n) is 2.47. The van der Waals surface area contributed by atoms with Crippen LogP contribution in [-0.4, -0.2) is 10.9 Å².